The summed E-state index contributed by atoms with van der Waals surface area (Å²) < 4.78 is 5.11. The second kappa shape index (κ2) is 7.68. The molecule has 4 nitrogen and oxygen atoms in total. The molecule has 1 N–H and O–H groups in total. The van der Waals surface area contributed by atoms with Crippen molar-refractivity contribution in [2.24, 2.45) is 0 Å². The van der Waals surface area contributed by atoms with Crippen molar-refractivity contribution in [2.75, 3.05) is 5.32 Å². The van der Waals surface area contributed by atoms with Crippen molar-refractivity contribution in [3.63, 3.8) is 0 Å². The standard InChI is InChI=1S/C16H12Cl3NO3/c1-9(15(21)20-12-5-3-11(17)4-6-12)23-16(22)10-2-7-13(18)14(19)8-10/h2-9H,1H3,(H,20,21)/t9-/m1/s1. The number of rotatable bonds is 4. The molecular formula is C16H12Cl3NO3. The number of anilines is 1. The van der Waals surface area contributed by atoms with Gasteiger partial charge >= 0.3 is 5.97 Å². The Morgan fingerprint density at radius 3 is 2.26 bits per heavy atom. The average Bonchev–Trinajstić information content (AvgIpc) is 2.52. The summed E-state index contributed by atoms with van der Waals surface area (Å²) in [6, 6.07) is 10.9. The molecule has 23 heavy (non-hydrogen) atoms. The number of halogens is 3. The van der Waals surface area contributed by atoms with Gasteiger partial charge < -0.3 is 10.1 Å². The molecule has 0 aromatic heterocycles. The van der Waals surface area contributed by atoms with E-state index in [1.165, 1.54) is 25.1 Å². The van der Waals surface area contributed by atoms with Gasteiger partial charge in [0.1, 0.15) is 0 Å². The summed E-state index contributed by atoms with van der Waals surface area (Å²) >= 11 is 17.4. The first-order valence-corrected chi connectivity index (χ1v) is 7.72. The van der Waals surface area contributed by atoms with Gasteiger partial charge in [-0.2, -0.15) is 0 Å². The van der Waals surface area contributed by atoms with Gasteiger partial charge in [0.25, 0.3) is 5.91 Å². The minimum Gasteiger partial charge on any atom is -0.449 e. The van der Waals surface area contributed by atoms with Crippen LogP contribution in [0.3, 0.4) is 0 Å². The maximum atomic E-state index is 12.0. The molecule has 2 rings (SSSR count). The highest BCUT2D eigenvalue weighted by Crippen LogP contribution is 2.23. The van der Waals surface area contributed by atoms with Crippen LogP contribution in [0.15, 0.2) is 42.5 Å². The molecule has 0 aliphatic carbocycles. The molecule has 120 valence electrons. The molecule has 0 saturated carbocycles. The SMILES string of the molecule is C[C@@H](OC(=O)c1ccc(Cl)c(Cl)c1)C(=O)Nc1ccc(Cl)cc1. The first-order chi connectivity index (χ1) is 10.9. The summed E-state index contributed by atoms with van der Waals surface area (Å²) in [5.41, 5.74) is 0.766. The van der Waals surface area contributed by atoms with Crippen molar-refractivity contribution < 1.29 is 14.3 Å². The molecule has 0 spiro atoms. The third-order valence-corrected chi connectivity index (χ3v) is 3.91. The van der Waals surface area contributed by atoms with E-state index in [1.54, 1.807) is 24.3 Å². The van der Waals surface area contributed by atoms with E-state index < -0.39 is 18.0 Å². The first-order valence-electron chi connectivity index (χ1n) is 6.59. The lowest BCUT2D eigenvalue weighted by Gasteiger charge is -2.14. The molecule has 1 atom stereocenters. The number of esters is 1. The molecule has 0 aliphatic rings. The van der Waals surface area contributed by atoms with E-state index in [4.69, 9.17) is 39.5 Å². The van der Waals surface area contributed by atoms with Crippen LogP contribution in [0.2, 0.25) is 15.1 Å². The minimum atomic E-state index is -0.979. The summed E-state index contributed by atoms with van der Waals surface area (Å²) in [5.74, 6) is -1.12. The second-order valence-electron chi connectivity index (χ2n) is 4.67. The largest absolute Gasteiger partial charge is 0.449 e. The van der Waals surface area contributed by atoms with E-state index in [9.17, 15) is 9.59 Å². The van der Waals surface area contributed by atoms with Crippen LogP contribution >= 0.6 is 34.8 Å². The highest BCUT2D eigenvalue weighted by Gasteiger charge is 2.19. The molecule has 0 heterocycles. The third-order valence-electron chi connectivity index (χ3n) is 2.92. The van der Waals surface area contributed by atoms with Crippen LogP contribution in [-0.4, -0.2) is 18.0 Å². The van der Waals surface area contributed by atoms with Gasteiger partial charge in [0.2, 0.25) is 0 Å². The number of benzene rings is 2. The minimum absolute atomic E-state index is 0.213. The van der Waals surface area contributed by atoms with Crippen molar-refractivity contribution in [1.82, 2.24) is 0 Å². The molecule has 0 aliphatic heterocycles. The van der Waals surface area contributed by atoms with Gasteiger partial charge in [0.05, 0.1) is 15.6 Å². The molecule has 0 unspecified atom stereocenters. The van der Waals surface area contributed by atoms with Crippen LogP contribution < -0.4 is 5.32 Å². The van der Waals surface area contributed by atoms with Gasteiger partial charge in [-0.3, -0.25) is 4.79 Å². The van der Waals surface area contributed by atoms with Crippen LogP contribution in [0.1, 0.15) is 17.3 Å². The quantitative estimate of drug-likeness (QED) is 0.782. The van der Waals surface area contributed by atoms with Gasteiger partial charge in [-0.15, -0.1) is 0 Å². The zero-order valence-corrected chi connectivity index (χ0v) is 14.2. The Morgan fingerprint density at radius 1 is 1.00 bits per heavy atom. The molecule has 0 saturated heterocycles. The van der Waals surface area contributed by atoms with Crippen LogP contribution in [0.5, 0.6) is 0 Å². The number of hydrogen-bond acceptors (Lipinski definition) is 3. The van der Waals surface area contributed by atoms with Gasteiger partial charge in [-0.25, -0.2) is 4.79 Å². The van der Waals surface area contributed by atoms with E-state index in [1.807, 2.05) is 0 Å². The molecule has 1 amide bonds. The number of hydrogen-bond donors (Lipinski definition) is 1. The highest BCUT2D eigenvalue weighted by atomic mass is 35.5. The van der Waals surface area contributed by atoms with E-state index >= 15 is 0 Å². The molecular weight excluding hydrogens is 361 g/mol. The molecule has 0 radical (unpaired) electrons. The van der Waals surface area contributed by atoms with Crippen molar-refractivity contribution in [2.45, 2.75) is 13.0 Å². The Hall–Kier alpha value is -1.75. The smallest absolute Gasteiger partial charge is 0.338 e. The maximum Gasteiger partial charge on any atom is 0.338 e. The van der Waals surface area contributed by atoms with Gasteiger partial charge in [-0.1, -0.05) is 34.8 Å². The van der Waals surface area contributed by atoms with Crippen molar-refractivity contribution in [3.05, 3.63) is 63.1 Å². The summed E-state index contributed by atoms with van der Waals surface area (Å²) in [6.45, 7) is 1.47. The fourth-order valence-corrected chi connectivity index (χ4v) is 2.11. The van der Waals surface area contributed by atoms with Crippen LogP contribution in [0.4, 0.5) is 5.69 Å². The van der Waals surface area contributed by atoms with Crippen molar-refractivity contribution in [3.8, 4) is 0 Å². The van der Waals surface area contributed by atoms with Crippen molar-refractivity contribution >= 4 is 52.4 Å². The zero-order valence-electron chi connectivity index (χ0n) is 12.0. The second-order valence-corrected chi connectivity index (χ2v) is 5.92. The van der Waals surface area contributed by atoms with Crippen LogP contribution in [0, 0.1) is 0 Å². The summed E-state index contributed by atoms with van der Waals surface area (Å²) in [4.78, 5) is 24.0. The lowest BCUT2D eigenvalue weighted by Crippen LogP contribution is -2.30. The average molecular weight is 373 g/mol. The van der Waals surface area contributed by atoms with Crippen molar-refractivity contribution in [1.29, 1.82) is 0 Å². The number of carbonyl (C=O) groups excluding carboxylic acids is 2. The maximum absolute atomic E-state index is 12.0. The van der Waals surface area contributed by atoms with E-state index in [0.717, 1.165) is 0 Å². The third kappa shape index (κ3) is 4.86. The lowest BCUT2D eigenvalue weighted by atomic mass is 10.2. The molecule has 7 heteroatoms. The predicted molar refractivity (Wildman–Crippen MR) is 91.4 cm³/mol. The normalized spacial score (nSPS) is 11.7. The number of ether oxygens (including phenoxy) is 1. The number of nitrogens with one attached hydrogen (secondary N) is 1. The summed E-state index contributed by atoms with van der Waals surface area (Å²) in [5, 5.41) is 3.75. The Labute approximate surface area is 148 Å². The Balaban J connectivity index is 1.98. The monoisotopic (exact) mass is 371 g/mol. The van der Waals surface area contributed by atoms with E-state index in [-0.39, 0.29) is 10.6 Å². The van der Waals surface area contributed by atoms with Gasteiger partial charge in [0, 0.05) is 10.7 Å². The number of carbonyl (C=O) groups is 2. The molecule has 2 aromatic rings. The highest BCUT2D eigenvalue weighted by molar-refractivity contribution is 6.42. The molecule has 0 bridgehead atoms. The summed E-state index contributed by atoms with van der Waals surface area (Å²) in [6.07, 6.45) is -0.979. The van der Waals surface area contributed by atoms with Crippen LogP contribution in [0.25, 0.3) is 0 Å². The Bertz CT molecular complexity index is 732. The van der Waals surface area contributed by atoms with Gasteiger partial charge in [-0.05, 0) is 49.4 Å². The number of amides is 1. The Morgan fingerprint density at radius 2 is 1.65 bits per heavy atom. The summed E-state index contributed by atoms with van der Waals surface area (Å²) in [7, 11) is 0. The van der Waals surface area contributed by atoms with E-state index in [2.05, 4.69) is 5.32 Å². The fraction of sp³-hybridized carbons (Fsp3) is 0.125. The molecule has 2 aromatic carbocycles. The zero-order chi connectivity index (χ0) is 17.0. The topological polar surface area (TPSA) is 55.4 Å². The lowest BCUT2D eigenvalue weighted by molar-refractivity contribution is -0.123. The Kier molecular flexibility index (Phi) is 5.88. The van der Waals surface area contributed by atoms with E-state index in [0.29, 0.717) is 15.7 Å². The molecule has 0 fully saturated rings. The predicted octanol–water partition coefficient (Wildman–Crippen LogP) is 4.83. The fourth-order valence-electron chi connectivity index (χ4n) is 1.68. The van der Waals surface area contributed by atoms with Crippen LogP contribution in [-0.2, 0) is 9.53 Å². The first kappa shape index (κ1) is 17.6. The van der Waals surface area contributed by atoms with Gasteiger partial charge in [0.15, 0.2) is 6.10 Å².